The molecule has 0 spiro atoms. The molecular formula is C52H109N19O28. The number of nitrogens with one attached hydrogen (secondary N) is 7. The molecule has 3 aliphatic heterocycles. The molecule has 99 heavy (non-hydrogen) atoms. The van der Waals surface area contributed by atoms with Gasteiger partial charge in [-0.3, -0.25) is 73.1 Å². The van der Waals surface area contributed by atoms with Crippen LogP contribution >= 0.6 is 0 Å². The van der Waals surface area contributed by atoms with Crippen LogP contribution in [-0.4, -0.2) is 281 Å². The van der Waals surface area contributed by atoms with Gasteiger partial charge in [-0.25, -0.2) is 4.79 Å². The van der Waals surface area contributed by atoms with E-state index in [1.54, 1.807) is 0 Å². The van der Waals surface area contributed by atoms with Gasteiger partial charge in [0.1, 0.15) is 54.4 Å². The molecule has 0 aromatic carbocycles. The Morgan fingerprint density at radius 1 is 0.465 bits per heavy atom. The number of rotatable bonds is 26. The predicted molar refractivity (Wildman–Crippen MR) is 350 cm³/mol. The molecule has 47 nitrogen and oxygen atoms in total. The van der Waals surface area contributed by atoms with Crippen molar-refractivity contribution in [3.63, 3.8) is 0 Å². The molecule has 3 aliphatic rings. The normalized spacial score (nSPS) is 16.2. The molecule has 44 N–H and O–H groups in total. The summed E-state index contributed by atoms with van der Waals surface area (Å²) < 4.78 is 4.36. The molecule has 580 valence electrons. The van der Waals surface area contributed by atoms with Crippen LogP contribution < -0.4 is 95.4 Å². The van der Waals surface area contributed by atoms with Crippen LogP contribution in [0.3, 0.4) is 0 Å². The van der Waals surface area contributed by atoms with E-state index in [4.69, 9.17) is 129 Å². The number of ether oxygens (including phenoxy) is 1. The summed E-state index contributed by atoms with van der Waals surface area (Å²) in [6.07, 6.45) is 6.55. The number of carbonyl (C=O) groups excluding carboxylic acids is 2. The molecule has 0 amide bonds. The summed E-state index contributed by atoms with van der Waals surface area (Å²) in [7, 11) is 0. The van der Waals surface area contributed by atoms with E-state index in [2.05, 4.69) is 48.5 Å². The van der Waals surface area contributed by atoms with E-state index < -0.39 is 132 Å². The van der Waals surface area contributed by atoms with E-state index in [-0.39, 0.29) is 62.1 Å². The van der Waals surface area contributed by atoms with Crippen LogP contribution in [0.2, 0.25) is 0 Å². The van der Waals surface area contributed by atoms with Gasteiger partial charge in [0.25, 0.3) is 0 Å². The minimum atomic E-state index is -1.29. The first-order valence-corrected chi connectivity index (χ1v) is 29.4. The van der Waals surface area contributed by atoms with Crippen LogP contribution in [0, 0.1) is 16.7 Å². The number of carbonyl (C=O) groups is 14. The highest BCUT2D eigenvalue weighted by Crippen LogP contribution is 2.07. The summed E-state index contributed by atoms with van der Waals surface area (Å²) in [5.41, 5.74) is 59.2. The Balaban J connectivity index is -0.000000129. The van der Waals surface area contributed by atoms with Gasteiger partial charge in [0, 0.05) is 13.1 Å². The summed E-state index contributed by atoms with van der Waals surface area (Å²) in [5, 5.41) is 132. The Morgan fingerprint density at radius 2 is 0.747 bits per heavy atom. The average molecular weight is 1450 g/mol. The second kappa shape index (κ2) is 70.1. The number of carboxylic acid groups (broad SMARTS) is 12. The molecule has 3 rings (SSSR count). The second-order valence-corrected chi connectivity index (χ2v) is 19.8. The van der Waals surface area contributed by atoms with E-state index in [0.717, 1.165) is 64.6 Å². The highest BCUT2D eigenvalue weighted by molar-refractivity contribution is 5.89. The number of guanidine groups is 2. The fourth-order valence-electron chi connectivity index (χ4n) is 5.21. The Bertz CT molecular complexity index is 2180. The topological polar surface area (TPSA) is 931 Å². The average Bonchev–Trinajstić information content (AvgIpc) is 1.93. The fourth-order valence-corrected chi connectivity index (χ4v) is 5.21. The zero-order valence-electron chi connectivity index (χ0n) is 55.6. The van der Waals surface area contributed by atoms with Gasteiger partial charge in [-0.1, -0.05) is 20.3 Å². The first-order chi connectivity index (χ1) is 45.6. The molecule has 0 unspecified atom stereocenters. The number of esters is 2. The van der Waals surface area contributed by atoms with Crippen molar-refractivity contribution in [3.05, 3.63) is 0 Å². The van der Waals surface area contributed by atoms with Gasteiger partial charge in [-0.15, -0.1) is 0 Å². The van der Waals surface area contributed by atoms with E-state index in [0.29, 0.717) is 38.8 Å². The van der Waals surface area contributed by atoms with Gasteiger partial charge in [0.2, 0.25) is 0 Å². The van der Waals surface area contributed by atoms with Crippen molar-refractivity contribution in [2.75, 3.05) is 58.9 Å². The minimum absolute atomic E-state index is 0.00178. The summed E-state index contributed by atoms with van der Waals surface area (Å²) in [6, 6.07) is -6.37. The van der Waals surface area contributed by atoms with E-state index >= 15 is 0 Å². The van der Waals surface area contributed by atoms with Gasteiger partial charge in [0.05, 0.1) is 38.7 Å². The summed E-state index contributed by atoms with van der Waals surface area (Å²) in [5.74, 6) is -13.4. The first kappa shape index (κ1) is 108. The maximum Gasteiger partial charge on any atom is 0.330 e. The third-order valence-corrected chi connectivity index (χ3v) is 11.1. The molecule has 47 heteroatoms. The van der Waals surface area contributed by atoms with Crippen LogP contribution in [0.5, 0.6) is 0 Å². The Morgan fingerprint density at radius 3 is 0.879 bits per heavy atom. The lowest BCUT2D eigenvalue weighted by atomic mass is 10.0. The maximum atomic E-state index is 11.1. The van der Waals surface area contributed by atoms with Crippen LogP contribution in [0.4, 0.5) is 0 Å². The molecule has 3 saturated heterocycles. The largest absolute Gasteiger partial charge is 0.481 e. The number of aliphatic hydroxyl groups is 1. The van der Waals surface area contributed by atoms with Gasteiger partial charge < -0.3 is 167 Å². The zero-order chi connectivity index (χ0) is 79.7. The standard InChI is InChI=1S/C8H16N2O3.2C6H14N4O2.3C5H9NO2.C4H7NO4.C4H9NO3.C3H7NO2.3C2H5NO2/c1-3-5(2)7(10)8(12)13-6(11)4-9;2*7-4(5(11)12)2-1-3-10-6(8)9;3*7-5(8)4-2-1-3-6-4;5-2(4(8)9)1-3(6)7;1-2(6)3(5)4(7)8;1-2(4)3(5)6;3*3-1-2(4)5/h5,7H,3-4,9-10H2,1-2H3;2*4H,1-3,7H2,(H,11,12)(H4,8,9,10);3*4,6H,1-3H2,(H,7,8);2H,1,5H2,(H,6,7)(H,8,9);2-3,6H,5H2,1H3,(H,7,8);2H,4H2,1H3,(H,5,6);3*1,3H2,(H,4,5)/t5-,7-;5*4-;2-;2-,3+;2-;;;/m000000010.../s1. The number of hydrogen-bond donors (Lipinski definition) is 32. The van der Waals surface area contributed by atoms with E-state index in [9.17, 15) is 67.1 Å². The number of nitrogens with two attached hydrogens (primary N) is 12. The SMILES string of the molecule is CC[C@H](C)[C@H](N)C(=O)OC(=O)CN.C[C@@H](O)[C@H](N)C(=O)O.C[C@H](N)C(=O)O.N=C(N)NCCC[C@H](N)C(=O)O.N=C(N)NCCC[C@H](N)C(=O)O.NCC(=O)O.NCC(=O)O.NCC(=O)O.N[C@@H](CC(=O)O)C(=O)O.O=C(O)[C@@H]1CCCN1.O=C(O)[C@@H]1CCCN1.O=C(O)[C@@H]1CCCN1. The smallest absolute Gasteiger partial charge is 0.330 e. The van der Waals surface area contributed by atoms with E-state index in [1.165, 1.54) is 13.8 Å². The van der Waals surface area contributed by atoms with Crippen molar-refractivity contribution in [2.24, 2.45) is 74.7 Å². The number of aliphatic carboxylic acids is 12. The quantitative estimate of drug-likeness (QED) is 0.0126. The monoisotopic (exact) mass is 1450 g/mol. The molecule has 0 aromatic rings. The van der Waals surface area contributed by atoms with Crippen LogP contribution in [-0.2, 0) is 71.9 Å². The Hall–Kier alpha value is -9.24. The predicted octanol–water partition coefficient (Wildman–Crippen LogP) is -9.66. The van der Waals surface area contributed by atoms with Crippen molar-refractivity contribution < 1.29 is 138 Å². The molecule has 0 aromatic heterocycles. The van der Waals surface area contributed by atoms with Crippen LogP contribution in [0.15, 0.2) is 0 Å². The maximum absolute atomic E-state index is 11.1. The van der Waals surface area contributed by atoms with Gasteiger partial charge in [-0.05, 0) is 104 Å². The van der Waals surface area contributed by atoms with Crippen molar-refractivity contribution in [1.82, 2.24) is 26.6 Å². The number of hydrogen-bond acceptors (Lipinski definition) is 31. The minimum Gasteiger partial charge on any atom is -0.481 e. The molecule has 0 saturated carbocycles. The lowest BCUT2D eigenvalue weighted by molar-refractivity contribution is -0.161. The summed E-state index contributed by atoms with van der Waals surface area (Å²) in [4.78, 5) is 139. The molecule has 0 aliphatic carbocycles. The van der Waals surface area contributed by atoms with Gasteiger partial charge >= 0.3 is 83.6 Å². The highest BCUT2D eigenvalue weighted by Gasteiger charge is 2.24. The molecule has 0 bridgehead atoms. The lowest BCUT2D eigenvalue weighted by Gasteiger charge is -2.15. The van der Waals surface area contributed by atoms with Crippen LogP contribution in [0.1, 0.15) is 105 Å². The third-order valence-electron chi connectivity index (χ3n) is 11.1. The second-order valence-electron chi connectivity index (χ2n) is 19.8. The lowest BCUT2D eigenvalue weighted by Crippen LogP contribution is -2.39. The van der Waals surface area contributed by atoms with Crippen molar-refractivity contribution in [3.8, 4) is 0 Å². The van der Waals surface area contributed by atoms with Crippen molar-refractivity contribution >= 4 is 95.5 Å². The fraction of sp³-hybridized carbons (Fsp3) is 0.692. The molecule has 11 atom stereocenters. The molecule has 3 heterocycles. The zero-order valence-corrected chi connectivity index (χ0v) is 55.6. The summed E-state index contributed by atoms with van der Waals surface area (Å²) in [6.45, 7) is 8.87. The molecule has 3 fully saturated rings. The number of carboxylic acids is 12. The van der Waals surface area contributed by atoms with Crippen LogP contribution in [0.25, 0.3) is 0 Å². The molecule has 0 radical (unpaired) electrons. The number of aliphatic hydroxyl groups excluding tert-OH is 1. The summed E-state index contributed by atoms with van der Waals surface area (Å²) >= 11 is 0. The van der Waals surface area contributed by atoms with Crippen molar-refractivity contribution in [1.29, 1.82) is 10.8 Å². The first-order valence-electron chi connectivity index (χ1n) is 29.4. The molecular weight excluding hydrogens is 1340 g/mol. The Kier molecular flexibility index (Phi) is 76.8. The third kappa shape index (κ3) is 86.7. The van der Waals surface area contributed by atoms with Crippen molar-refractivity contribution in [2.45, 2.75) is 165 Å². The Labute approximate surface area is 568 Å². The van der Waals surface area contributed by atoms with E-state index in [1.807, 2.05) is 13.8 Å². The highest BCUT2D eigenvalue weighted by atomic mass is 16.6. The van der Waals surface area contributed by atoms with Gasteiger partial charge in [-0.2, -0.15) is 0 Å². The van der Waals surface area contributed by atoms with Gasteiger partial charge in [0.15, 0.2) is 11.9 Å².